The average molecular weight is 270 g/mol. The van der Waals surface area contributed by atoms with Crippen molar-refractivity contribution in [3.05, 3.63) is 17.3 Å². The van der Waals surface area contributed by atoms with Crippen LogP contribution in [0.3, 0.4) is 0 Å². The first kappa shape index (κ1) is 13.4. The summed E-state index contributed by atoms with van der Waals surface area (Å²) in [5, 5.41) is 13.4. The lowest BCUT2D eigenvalue weighted by atomic mass is 9.74. The highest BCUT2D eigenvalue weighted by atomic mass is 35.5. The van der Waals surface area contributed by atoms with Crippen LogP contribution in [0.1, 0.15) is 32.1 Å². The van der Waals surface area contributed by atoms with Gasteiger partial charge < -0.3 is 16.2 Å². The number of anilines is 2. The number of nitrogens with zero attached hydrogens (tertiary/aromatic N) is 1. The Kier molecular flexibility index (Phi) is 4.30. The predicted molar refractivity (Wildman–Crippen MR) is 74.8 cm³/mol. The molecule has 100 valence electrons. The molecule has 0 aliphatic heterocycles. The number of rotatable bonds is 4. The van der Waals surface area contributed by atoms with Gasteiger partial charge in [-0.1, -0.05) is 30.9 Å². The van der Waals surface area contributed by atoms with Gasteiger partial charge in [-0.2, -0.15) is 0 Å². The molecule has 1 saturated carbocycles. The molecule has 1 heterocycles. The van der Waals surface area contributed by atoms with E-state index in [1.54, 1.807) is 12.3 Å². The molecule has 0 bridgehead atoms. The highest BCUT2D eigenvalue weighted by Gasteiger charge is 2.31. The molecule has 0 spiro atoms. The molecule has 0 unspecified atom stereocenters. The third-order valence-electron chi connectivity index (χ3n) is 3.76. The van der Waals surface area contributed by atoms with E-state index >= 15 is 0 Å². The Hall–Kier alpha value is -1.00. The van der Waals surface area contributed by atoms with Gasteiger partial charge in [0.25, 0.3) is 0 Å². The SMILES string of the molecule is Nc1cc(Cl)cnc1NCC1(CO)CCCCC1. The predicted octanol–water partition coefficient (Wildman–Crippen LogP) is 2.67. The van der Waals surface area contributed by atoms with Crippen molar-refractivity contribution in [3.8, 4) is 0 Å². The van der Waals surface area contributed by atoms with Crippen LogP contribution in [-0.4, -0.2) is 23.2 Å². The maximum Gasteiger partial charge on any atom is 0.149 e. The number of hydrogen-bond acceptors (Lipinski definition) is 4. The van der Waals surface area contributed by atoms with Crippen molar-refractivity contribution in [1.82, 2.24) is 4.98 Å². The van der Waals surface area contributed by atoms with Crippen molar-refractivity contribution in [2.75, 3.05) is 24.2 Å². The van der Waals surface area contributed by atoms with E-state index in [1.165, 1.54) is 19.3 Å². The van der Waals surface area contributed by atoms with Crippen molar-refractivity contribution in [1.29, 1.82) is 0 Å². The lowest BCUT2D eigenvalue weighted by Crippen LogP contribution is -2.35. The Morgan fingerprint density at radius 2 is 2.11 bits per heavy atom. The Morgan fingerprint density at radius 1 is 1.39 bits per heavy atom. The highest BCUT2D eigenvalue weighted by Crippen LogP contribution is 2.36. The molecular formula is C13H20ClN3O. The molecule has 0 aromatic carbocycles. The van der Waals surface area contributed by atoms with Crippen LogP contribution in [0.5, 0.6) is 0 Å². The summed E-state index contributed by atoms with van der Waals surface area (Å²) in [6, 6.07) is 1.68. The zero-order chi connectivity index (χ0) is 13.0. The van der Waals surface area contributed by atoms with E-state index < -0.39 is 0 Å². The molecule has 1 aromatic heterocycles. The van der Waals surface area contributed by atoms with E-state index in [4.69, 9.17) is 17.3 Å². The second-order valence-corrected chi connectivity index (χ2v) is 5.60. The summed E-state index contributed by atoms with van der Waals surface area (Å²) in [5.74, 6) is 0.651. The molecule has 5 heteroatoms. The largest absolute Gasteiger partial charge is 0.396 e. The van der Waals surface area contributed by atoms with Gasteiger partial charge in [0.2, 0.25) is 0 Å². The fourth-order valence-corrected chi connectivity index (χ4v) is 2.73. The fraction of sp³-hybridized carbons (Fsp3) is 0.615. The third-order valence-corrected chi connectivity index (χ3v) is 3.97. The molecule has 0 atom stereocenters. The first-order valence-electron chi connectivity index (χ1n) is 6.41. The first-order valence-corrected chi connectivity index (χ1v) is 6.79. The first-order chi connectivity index (χ1) is 8.65. The number of nitrogens with two attached hydrogens (primary N) is 1. The van der Waals surface area contributed by atoms with Crippen LogP contribution in [-0.2, 0) is 0 Å². The molecule has 1 aliphatic carbocycles. The van der Waals surface area contributed by atoms with Crippen LogP contribution in [0.25, 0.3) is 0 Å². The van der Waals surface area contributed by atoms with Gasteiger partial charge in [0.1, 0.15) is 5.82 Å². The van der Waals surface area contributed by atoms with Gasteiger partial charge in [0.15, 0.2) is 0 Å². The standard InChI is InChI=1S/C13H20ClN3O/c14-10-6-11(15)12(16-7-10)17-8-13(9-18)4-2-1-3-5-13/h6-7,18H,1-5,8-9,15H2,(H,16,17). The van der Waals surface area contributed by atoms with Crippen LogP contribution in [0.15, 0.2) is 12.3 Å². The van der Waals surface area contributed by atoms with Gasteiger partial charge in [-0.3, -0.25) is 0 Å². The number of nitrogen functional groups attached to an aromatic ring is 1. The number of halogens is 1. The second kappa shape index (κ2) is 5.76. The number of hydrogen-bond donors (Lipinski definition) is 3. The number of aliphatic hydroxyl groups excluding tert-OH is 1. The molecular weight excluding hydrogens is 250 g/mol. The summed E-state index contributed by atoms with van der Waals surface area (Å²) < 4.78 is 0. The van der Waals surface area contributed by atoms with Crippen LogP contribution < -0.4 is 11.1 Å². The number of pyridine rings is 1. The van der Waals surface area contributed by atoms with E-state index in [9.17, 15) is 5.11 Å². The van der Waals surface area contributed by atoms with Gasteiger partial charge in [-0.05, 0) is 18.9 Å². The van der Waals surface area contributed by atoms with Gasteiger partial charge in [-0.25, -0.2) is 4.98 Å². The minimum Gasteiger partial charge on any atom is -0.396 e. The smallest absolute Gasteiger partial charge is 0.149 e. The molecule has 0 radical (unpaired) electrons. The van der Waals surface area contributed by atoms with Crippen LogP contribution in [0.2, 0.25) is 5.02 Å². The van der Waals surface area contributed by atoms with Crippen LogP contribution in [0.4, 0.5) is 11.5 Å². The zero-order valence-corrected chi connectivity index (χ0v) is 11.2. The fourth-order valence-electron chi connectivity index (χ4n) is 2.57. The summed E-state index contributed by atoms with van der Waals surface area (Å²) in [6.45, 7) is 0.926. The average Bonchev–Trinajstić information content (AvgIpc) is 2.39. The second-order valence-electron chi connectivity index (χ2n) is 5.16. The van der Waals surface area contributed by atoms with E-state index in [0.29, 0.717) is 23.1 Å². The number of aromatic nitrogens is 1. The molecule has 0 amide bonds. The van der Waals surface area contributed by atoms with Gasteiger partial charge in [-0.15, -0.1) is 0 Å². The Balaban J connectivity index is 2.01. The zero-order valence-electron chi connectivity index (χ0n) is 10.5. The summed E-state index contributed by atoms with van der Waals surface area (Å²) in [5.41, 5.74) is 6.38. The Bertz CT molecular complexity index is 405. The molecule has 4 nitrogen and oxygen atoms in total. The van der Waals surface area contributed by atoms with E-state index in [2.05, 4.69) is 10.3 Å². The van der Waals surface area contributed by atoms with Crippen LogP contribution in [0, 0.1) is 5.41 Å². The summed E-state index contributed by atoms with van der Waals surface area (Å²) in [6.07, 6.45) is 7.33. The van der Waals surface area contributed by atoms with Gasteiger partial charge >= 0.3 is 0 Å². The molecule has 0 saturated heterocycles. The van der Waals surface area contributed by atoms with Crippen molar-refractivity contribution < 1.29 is 5.11 Å². The highest BCUT2D eigenvalue weighted by molar-refractivity contribution is 6.30. The normalized spacial score (nSPS) is 18.6. The topological polar surface area (TPSA) is 71.2 Å². The molecule has 4 N–H and O–H groups in total. The lowest BCUT2D eigenvalue weighted by Gasteiger charge is -2.35. The van der Waals surface area contributed by atoms with Crippen molar-refractivity contribution >= 4 is 23.1 Å². The molecule has 1 aliphatic rings. The van der Waals surface area contributed by atoms with Crippen molar-refractivity contribution in [2.45, 2.75) is 32.1 Å². The Morgan fingerprint density at radius 3 is 2.72 bits per heavy atom. The molecule has 1 aromatic rings. The lowest BCUT2D eigenvalue weighted by molar-refractivity contribution is 0.0943. The summed E-state index contributed by atoms with van der Waals surface area (Å²) >= 11 is 5.81. The molecule has 1 fully saturated rings. The maximum absolute atomic E-state index is 9.62. The van der Waals surface area contributed by atoms with Gasteiger partial charge in [0.05, 0.1) is 17.3 Å². The van der Waals surface area contributed by atoms with Crippen molar-refractivity contribution in [3.63, 3.8) is 0 Å². The quantitative estimate of drug-likeness (QED) is 0.786. The van der Waals surface area contributed by atoms with E-state index in [-0.39, 0.29) is 12.0 Å². The number of nitrogens with one attached hydrogen (secondary N) is 1. The van der Waals surface area contributed by atoms with Gasteiger partial charge in [0, 0.05) is 18.2 Å². The minimum absolute atomic E-state index is 0.0218. The Labute approximate surface area is 113 Å². The summed E-state index contributed by atoms with van der Waals surface area (Å²) in [4.78, 5) is 4.18. The maximum atomic E-state index is 9.62. The van der Waals surface area contributed by atoms with Crippen molar-refractivity contribution in [2.24, 2.45) is 5.41 Å². The van der Waals surface area contributed by atoms with E-state index in [0.717, 1.165) is 12.8 Å². The minimum atomic E-state index is -0.0218. The molecule has 18 heavy (non-hydrogen) atoms. The van der Waals surface area contributed by atoms with E-state index in [1.807, 2.05) is 0 Å². The third kappa shape index (κ3) is 3.06. The molecule has 2 rings (SSSR count). The monoisotopic (exact) mass is 269 g/mol. The van der Waals surface area contributed by atoms with Crippen LogP contribution >= 0.6 is 11.6 Å². The number of aliphatic hydroxyl groups is 1. The summed E-state index contributed by atoms with van der Waals surface area (Å²) in [7, 11) is 0.